The summed E-state index contributed by atoms with van der Waals surface area (Å²) in [7, 11) is 0. The summed E-state index contributed by atoms with van der Waals surface area (Å²) in [4.78, 5) is 15.3. The van der Waals surface area contributed by atoms with Crippen molar-refractivity contribution in [2.24, 2.45) is 0 Å². The van der Waals surface area contributed by atoms with Gasteiger partial charge in [0.1, 0.15) is 24.7 Å². The second kappa shape index (κ2) is 5.52. The second-order valence-corrected chi connectivity index (χ2v) is 5.63. The number of aromatic nitrogens is 2. The molecular weight excluding hydrogens is 388 g/mol. The normalized spacial score (nSPS) is 33.5. The number of aliphatic hydroxyl groups excluding tert-OH is 3. The van der Waals surface area contributed by atoms with E-state index in [1.54, 1.807) is 0 Å². The van der Waals surface area contributed by atoms with Crippen LogP contribution in [-0.4, -0.2) is 56.0 Å². The van der Waals surface area contributed by atoms with Crippen LogP contribution in [0.15, 0.2) is 11.0 Å². The number of nitrogens with zero attached hydrogens (tertiary/aromatic N) is 2. The molecule has 0 radical (unpaired) electrons. The van der Waals surface area contributed by atoms with Crippen LogP contribution in [0.4, 0.5) is 10.2 Å². The first-order chi connectivity index (χ1) is 9.36. The first-order valence-corrected chi connectivity index (χ1v) is 6.69. The van der Waals surface area contributed by atoms with Gasteiger partial charge in [0, 0.05) is 6.20 Å². The summed E-state index contributed by atoms with van der Waals surface area (Å²) in [6.07, 6.45) is -3.35. The Balaban J connectivity index is 2.45. The van der Waals surface area contributed by atoms with Crippen molar-refractivity contribution in [3.8, 4) is 0 Å². The lowest BCUT2D eigenvalue weighted by Crippen LogP contribution is -2.48. The number of aliphatic hydroxyl groups is 3. The van der Waals surface area contributed by atoms with Crippen LogP contribution >= 0.6 is 22.6 Å². The number of nitrogen functional groups attached to an aromatic ring is 1. The van der Waals surface area contributed by atoms with Crippen LogP contribution in [0.2, 0.25) is 0 Å². The molecule has 1 aromatic rings. The third-order valence-corrected chi connectivity index (χ3v) is 4.04. The van der Waals surface area contributed by atoms with Gasteiger partial charge in [0.2, 0.25) is 0 Å². The molecule has 20 heavy (non-hydrogen) atoms. The Labute approximate surface area is 126 Å². The van der Waals surface area contributed by atoms with Crippen LogP contribution < -0.4 is 11.4 Å². The maximum absolute atomic E-state index is 13.0. The van der Waals surface area contributed by atoms with Crippen LogP contribution in [0.5, 0.6) is 0 Å². The number of rotatable bonds is 3. The van der Waals surface area contributed by atoms with E-state index in [2.05, 4.69) is 4.98 Å². The van der Waals surface area contributed by atoms with Crippen molar-refractivity contribution in [1.82, 2.24) is 9.55 Å². The summed E-state index contributed by atoms with van der Waals surface area (Å²) in [6, 6.07) is 0. The Kier molecular flexibility index (Phi) is 4.30. The van der Waals surface area contributed by atoms with Crippen molar-refractivity contribution >= 4 is 28.4 Å². The maximum Gasteiger partial charge on any atom is 0.351 e. The van der Waals surface area contributed by atoms with E-state index in [9.17, 15) is 24.5 Å². The minimum atomic E-state index is -1.96. The fourth-order valence-corrected chi connectivity index (χ4v) is 2.41. The fourth-order valence-electron chi connectivity index (χ4n) is 1.99. The molecule has 0 aliphatic carbocycles. The topological polar surface area (TPSA) is 131 Å². The minimum absolute atomic E-state index is 0.0128. The van der Waals surface area contributed by atoms with E-state index in [4.69, 9.17) is 10.5 Å². The number of ether oxygens (including phenoxy) is 1. The standard InChI is InChI=1S/C10H13FIN3O5/c11-2-10(3-16)6(18)5(17)8(20-10)15-1-4(12)7(13)14-9(15)19/h1,5-6,8,16-18H,2-3H2,(H2,13,14,19)/t5-,6-,8+,10+/m0/s1. The summed E-state index contributed by atoms with van der Waals surface area (Å²) >= 11 is 1.82. The van der Waals surface area contributed by atoms with Crippen molar-refractivity contribution in [2.75, 3.05) is 19.0 Å². The summed E-state index contributed by atoms with van der Waals surface area (Å²) in [5, 5.41) is 28.9. The Morgan fingerprint density at radius 1 is 1.60 bits per heavy atom. The van der Waals surface area contributed by atoms with Gasteiger partial charge in [-0.2, -0.15) is 4.98 Å². The highest BCUT2D eigenvalue weighted by Crippen LogP contribution is 2.37. The smallest absolute Gasteiger partial charge is 0.351 e. The highest BCUT2D eigenvalue weighted by Gasteiger charge is 2.55. The lowest BCUT2D eigenvalue weighted by Gasteiger charge is -2.26. The first-order valence-electron chi connectivity index (χ1n) is 5.61. The van der Waals surface area contributed by atoms with Gasteiger partial charge in [-0.05, 0) is 22.6 Å². The summed E-state index contributed by atoms with van der Waals surface area (Å²) in [5.41, 5.74) is 2.70. The number of hydrogen-bond acceptors (Lipinski definition) is 7. The van der Waals surface area contributed by atoms with Crippen LogP contribution in [-0.2, 0) is 4.74 Å². The molecule has 8 nitrogen and oxygen atoms in total. The molecule has 4 atom stereocenters. The molecule has 1 saturated heterocycles. The predicted octanol–water partition coefficient (Wildman–Crippen LogP) is -1.62. The van der Waals surface area contributed by atoms with E-state index in [1.165, 1.54) is 6.20 Å². The number of anilines is 1. The Morgan fingerprint density at radius 2 is 2.25 bits per heavy atom. The average molecular weight is 401 g/mol. The van der Waals surface area contributed by atoms with Crippen LogP contribution in [0.1, 0.15) is 6.23 Å². The largest absolute Gasteiger partial charge is 0.393 e. The van der Waals surface area contributed by atoms with Crippen molar-refractivity contribution in [3.05, 3.63) is 20.3 Å². The van der Waals surface area contributed by atoms with E-state index >= 15 is 0 Å². The highest BCUT2D eigenvalue weighted by atomic mass is 127. The van der Waals surface area contributed by atoms with Gasteiger partial charge >= 0.3 is 5.69 Å². The molecule has 0 unspecified atom stereocenters. The van der Waals surface area contributed by atoms with E-state index in [0.29, 0.717) is 3.57 Å². The molecule has 112 valence electrons. The van der Waals surface area contributed by atoms with Crippen LogP contribution in [0, 0.1) is 3.57 Å². The molecule has 0 bridgehead atoms. The first kappa shape index (κ1) is 15.6. The molecule has 10 heteroatoms. The average Bonchev–Trinajstić information content (AvgIpc) is 2.68. The Morgan fingerprint density at radius 3 is 2.75 bits per heavy atom. The molecule has 1 aliphatic rings. The van der Waals surface area contributed by atoms with Crippen LogP contribution in [0.3, 0.4) is 0 Å². The van der Waals surface area contributed by atoms with Crippen molar-refractivity contribution in [3.63, 3.8) is 0 Å². The van der Waals surface area contributed by atoms with E-state index in [1.807, 2.05) is 22.6 Å². The molecule has 0 amide bonds. The highest BCUT2D eigenvalue weighted by molar-refractivity contribution is 14.1. The third kappa shape index (κ3) is 2.30. The molecule has 1 aromatic heterocycles. The van der Waals surface area contributed by atoms with Crippen LogP contribution in [0.25, 0.3) is 0 Å². The van der Waals surface area contributed by atoms with E-state index in [-0.39, 0.29) is 5.82 Å². The third-order valence-electron chi connectivity index (χ3n) is 3.21. The molecule has 0 spiro atoms. The maximum atomic E-state index is 13.0. The van der Waals surface area contributed by atoms with Gasteiger partial charge in [-0.3, -0.25) is 4.57 Å². The Hall–Kier alpha value is -0.820. The molecule has 0 aromatic carbocycles. The zero-order valence-electron chi connectivity index (χ0n) is 10.1. The Bertz CT molecular complexity index is 564. The molecule has 2 rings (SSSR count). The fraction of sp³-hybridized carbons (Fsp3) is 0.600. The lowest BCUT2D eigenvalue weighted by atomic mass is 9.98. The van der Waals surface area contributed by atoms with E-state index in [0.717, 1.165) is 4.57 Å². The van der Waals surface area contributed by atoms with Crippen molar-refractivity contribution < 1.29 is 24.4 Å². The van der Waals surface area contributed by atoms with Gasteiger partial charge < -0.3 is 25.8 Å². The minimum Gasteiger partial charge on any atom is -0.393 e. The zero-order chi connectivity index (χ0) is 15.1. The summed E-state index contributed by atoms with van der Waals surface area (Å²) < 4.78 is 19.5. The summed E-state index contributed by atoms with van der Waals surface area (Å²) in [5.74, 6) is 0.0128. The lowest BCUT2D eigenvalue weighted by molar-refractivity contribution is -0.138. The quantitative estimate of drug-likeness (QED) is 0.448. The molecule has 5 N–H and O–H groups in total. The van der Waals surface area contributed by atoms with Gasteiger partial charge in [-0.1, -0.05) is 0 Å². The van der Waals surface area contributed by atoms with Gasteiger partial charge in [-0.25, -0.2) is 9.18 Å². The monoisotopic (exact) mass is 401 g/mol. The molecule has 0 saturated carbocycles. The van der Waals surface area contributed by atoms with Gasteiger partial charge in [0.25, 0.3) is 0 Å². The predicted molar refractivity (Wildman–Crippen MR) is 73.6 cm³/mol. The summed E-state index contributed by atoms with van der Waals surface area (Å²) in [6.45, 7) is -2.06. The van der Waals surface area contributed by atoms with Gasteiger partial charge in [0.15, 0.2) is 11.8 Å². The number of hydrogen-bond donors (Lipinski definition) is 4. The zero-order valence-corrected chi connectivity index (χ0v) is 12.3. The molecule has 2 heterocycles. The van der Waals surface area contributed by atoms with E-state index < -0.39 is 43.0 Å². The van der Waals surface area contributed by atoms with Crippen molar-refractivity contribution in [2.45, 2.75) is 24.0 Å². The molecule has 1 aliphatic heterocycles. The van der Waals surface area contributed by atoms with Gasteiger partial charge in [0.05, 0.1) is 10.2 Å². The number of alkyl halides is 1. The number of nitrogens with two attached hydrogens (primary N) is 1. The van der Waals surface area contributed by atoms with Gasteiger partial charge in [-0.15, -0.1) is 0 Å². The molecular formula is C10H13FIN3O5. The number of halogens is 2. The van der Waals surface area contributed by atoms with Crippen molar-refractivity contribution in [1.29, 1.82) is 0 Å². The SMILES string of the molecule is Nc1nc(=O)n([C@@H]2O[C@@](CO)(CF)[C@@H](O)[C@@H]2O)cc1I. The molecule has 1 fully saturated rings. The second-order valence-electron chi connectivity index (χ2n) is 4.46.